The highest BCUT2D eigenvalue weighted by atomic mass is 32.1. The molecule has 0 aliphatic carbocycles. The van der Waals surface area contributed by atoms with Crippen LogP contribution in [0.15, 0.2) is 4.79 Å². The van der Waals surface area contributed by atoms with Crippen LogP contribution in [0.2, 0.25) is 0 Å². The number of hydrogen-bond acceptors (Lipinski definition) is 4. The van der Waals surface area contributed by atoms with Crippen LogP contribution in [0.25, 0.3) is 0 Å². The molecule has 1 aromatic rings. The van der Waals surface area contributed by atoms with Crippen LogP contribution in [0.4, 0.5) is 0 Å². The first-order chi connectivity index (χ1) is 9.72. The summed E-state index contributed by atoms with van der Waals surface area (Å²) in [6, 6.07) is -0.875. The van der Waals surface area contributed by atoms with E-state index >= 15 is 0 Å². The third-order valence-corrected chi connectivity index (χ3v) is 4.27. The summed E-state index contributed by atoms with van der Waals surface area (Å²) in [7, 11) is 0. The second-order valence-electron chi connectivity index (χ2n) is 5.50. The first-order valence-electron chi connectivity index (χ1n) is 6.91. The minimum atomic E-state index is -1.03. The van der Waals surface area contributed by atoms with Crippen LogP contribution in [0.1, 0.15) is 37.3 Å². The normalized spacial score (nSPS) is 12.4. The highest BCUT2D eigenvalue weighted by molar-refractivity contribution is 7.09. The Bertz CT molecular complexity index is 574. The van der Waals surface area contributed by atoms with Crippen LogP contribution in [0.3, 0.4) is 0 Å². The Hall–Kier alpha value is -1.63. The lowest BCUT2D eigenvalue weighted by Gasteiger charge is -2.16. The van der Waals surface area contributed by atoms with Gasteiger partial charge in [0.25, 0.3) is 0 Å². The quantitative estimate of drug-likeness (QED) is 0.799. The van der Waals surface area contributed by atoms with Crippen molar-refractivity contribution in [1.82, 2.24) is 9.88 Å². The van der Waals surface area contributed by atoms with Gasteiger partial charge in [-0.15, -0.1) is 0 Å². The summed E-state index contributed by atoms with van der Waals surface area (Å²) in [6.45, 7) is 7.78. The highest BCUT2D eigenvalue weighted by Gasteiger charge is 2.21. The summed E-state index contributed by atoms with van der Waals surface area (Å²) in [5.41, 5.74) is 0.856. The van der Waals surface area contributed by atoms with Crippen molar-refractivity contribution in [2.24, 2.45) is 5.92 Å². The summed E-state index contributed by atoms with van der Waals surface area (Å²) in [5.74, 6) is -1.20. The van der Waals surface area contributed by atoms with Crippen LogP contribution in [-0.4, -0.2) is 27.6 Å². The van der Waals surface area contributed by atoms with Crippen molar-refractivity contribution >= 4 is 23.2 Å². The topological polar surface area (TPSA) is 88.4 Å². The monoisotopic (exact) mass is 314 g/mol. The van der Waals surface area contributed by atoms with Gasteiger partial charge in [0, 0.05) is 23.5 Å². The average Bonchev–Trinajstić information content (AvgIpc) is 2.60. The lowest BCUT2D eigenvalue weighted by molar-refractivity contribution is -0.142. The molecule has 2 N–H and O–H groups in total. The van der Waals surface area contributed by atoms with E-state index in [1.54, 1.807) is 4.57 Å². The summed E-state index contributed by atoms with van der Waals surface area (Å²) in [5, 5.41) is 11.6. The zero-order chi connectivity index (χ0) is 16.2. The molecule has 1 atom stereocenters. The van der Waals surface area contributed by atoms with Crippen molar-refractivity contribution in [2.75, 3.05) is 0 Å². The summed E-state index contributed by atoms with van der Waals surface area (Å²) >= 11 is 1.16. The van der Waals surface area contributed by atoms with E-state index in [-0.39, 0.29) is 29.7 Å². The van der Waals surface area contributed by atoms with E-state index in [0.29, 0.717) is 6.42 Å². The highest BCUT2D eigenvalue weighted by Crippen LogP contribution is 2.10. The zero-order valence-corrected chi connectivity index (χ0v) is 13.6. The molecule has 0 spiro atoms. The van der Waals surface area contributed by atoms with Crippen molar-refractivity contribution in [3.63, 3.8) is 0 Å². The van der Waals surface area contributed by atoms with Gasteiger partial charge in [-0.2, -0.15) is 0 Å². The molecule has 1 amide bonds. The number of carboxylic acid groups (broad SMARTS) is 1. The van der Waals surface area contributed by atoms with Crippen LogP contribution in [0, 0.1) is 19.8 Å². The molecule has 0 aliphatic heterocycles. The van der Waals surface area contributed by atoms with Gasteiger partial charge < -0.3 is 15.0 Å². The summed E-state index contributed by atoms with van der Waals surface area (Å²) < 4.78 is 1.55. The van der Waals surface area contributed by atoms with E-state index in [1.807, 2.05) is 27.7 Å². The van der Waals surface area contributed by atoms with Gasteiger partial charge in [-0.1, -0.05) is 25.2 Å². The molecule has 0 aliphatic rings. The number of hydrogen-bond donors (Lipinski definition) is 2. The number of aliphatic carboxylic acids is 1. The number of amides is 1. The number of nitrogens with zero attached hydrogens (tertiary/aromatic N) is 1. The van der Waals surface area contributed by atoms with Crippen LogP contribution in [-0.2, 0) is 16.1 Å². The van der Waals surface area contributed by atoms with E-state index in [1.165, 1.54) is 0 Å². The third-order valence-electron chi connectivity index (χ3n) is 3.28. The maximum Gasteiger partial charge on any atom is 0.326 e. The molecule has 0 bridgehead atoms. The zero-order valence-electron chi connectivity index (χ0n) is 12.8. The molecule has 0 aromatic carbocycles. The second-order valence-corrected chi connectivity index (χ2v) is 6.66. The van der Waals surface area contributed by atoms with Gasteiger partial charge in [0.05, 0.1) is 0 Å². The van der Waals surface area contributed by atoms with Crippen molar-refractivity contribution in [2.45, 2.75) is 53.1 Å². The average molecular weight is 314 g/mol. The molecule has 0 radical (unpaired) electrons. The molecule has 6 nitrogen and oxygen atoms in total. The molecule has 0 saturated heterocycles. The minimum absolute atomic E-state index is 0.0882. The Morgan fingerprint density at radius 2 is 1.95 bits per heavy atom. The molecule has 118 valence electrons. The van der Waals surface area contributed by atoms with E-state index in [9.17, 15) is 14.4 Å². The van der Waals surface area contributed by atoms with E-state index in [4.69, 9.17) is 5.11 Å². The van der Waals surface area contributed by atoms with Gasteiger partial charge in [-0.3, -0.25) is 9.59 Å². The van der Waals surface area contributed by atoms with Crippen molar-refractivity contribution in [3.8, 4) is 0 Å². The molecule has 0 saturated carbocycles. The van der Waals surface area contributed by atoms with E-state index in [2.05, 4.69) is 5.32 Å². The molecule has 1 rings (SSSR count). The number of carbonyl (C=O) groups is 2. The number of carboxylic acids is 1. The fourth-order valence-electron chi connectivity index (χ4n) is 2.02. The minimum Gasteiger partial charge on any atom is -0.480 e. The Labute approximate surface area is 127 Å². The Kier molecular flexibility index (Phi) is 6.14. The van der Waals surface area contributed by atoms with Crippen LogP contribution >= 0.6 is 11.3 Å². The van der Waals surface area contributed by atoms with E-state index in [0.717, 1.165) is 21.9 Å². The van der Waals surface area contributed by atoms with Crippen LogP contribution < -0.4 is 10.2 Å². The molecular formula is C14H22N2O4S. The lowest BCUT2D eigenvalue weighted by atomic mass is 10.0. The standard InChI is InChI=1S/C14H22N2O4S/c1-8(2)7-11(13(18)19)15-12(17)5-6-16-9(3)10(4)21-14(16)20/h8,11H,5-7H2,1-4H3,(H,15,17)(H,18,19)/t11-/m1/s1. The number of thiazole rings is 1. The SMILES string of the molecule is Cc1sc(=O)n(CCC(=O)N[C@H](CC(C)C)C(=O)O)c1C. The van der Waals surface area contributed by atoms with Crippen molar-refractivity contribution < 1.29 is 14.7 Å². The van der Waals surface area contributed by atoms with Gasteiger partial charge in [0.2, 0.25) is 5.91 Å². The molecule has 0 fully saturated rings. The Balaban J connectivity index is 2.61. The molecule has 7 heteroatoms. The number of rotatable bonds is 7. The lowest BCUT2D eigenvalue weighted by Crippen LogP contribution is -2.42. The van der Waals surface area contributed by atoms with Gasteiger partial charge in [0.15, 0.2) is 0 Å². The van der Waals surface area contributed by atoms with Gasteiger partial charge in [-0.25, -0.2) is 4.79 Å². The predicted octanol–water partition coefficient (Wildman–Crippen LogP) is 1.53. The molecule has 1 heterocycles. The van der Waals surface area contributed by atoms with Crippen LogP contribution in [0.5, 0.6) is 0 Å². The molecule has 1 aromatic heterocycles. The first kappa shape index (κ1) is 17.4. The molecule has 21 heavy (non-hydrogen) atoms. The first-order valence-corrected chi connectivity index (χ1v) is 7.73. The smallest absolute Gasteiger partial charge is 0.326 e. The number of aryl methyl sites for hydroxylation is 1. The molecule has 0 unspecified atom stereocenters. The van der Waals surface area contributed by atoms with Gasteiger partial charge >= 0.3 is 10.8 Å². The van der Waals surface area contributed by atoms with Gasteiger partial charge in [-0.05, 0) is 26.2 Å². The fourth-order valence-corrected chi connectivity index (χ4v) is 2.88. The third kappa shape index (κ3) is 5.00. The van der Waals surface area contributed by atoms with Gasteiger partial charge in [0.1, 0.15) is 6.04 Å². The maximum absolute atomic E-state index is 11.9. The maximum atomic E-state index is 11.9. The number of nitrogens with one attached hydrogen (secondary N) is 1. The number of aromatic nitrogens is 1. The molecular weight excluding hydrogens is 292 g/mol. The Morgan fingerprint density at radius 1 is 1.33 bits per heavy atom. The second kappa shape index (κ2) is 7.40. The number of carbonyl (C=O) groups excluding carboxylic acids is 1. The summed E-state index contributed by atoms with van der Waals surface area (Å²) in [6.07, 6.45) is 0.483. The summed E-state index contributed by atoms with van der Waals surface area (Å²) in [4.78, 5) is 35.5. The largest absolute Gasteiger partial charge is 0.480 e. The Morgan fingerprint density at radius 3 is 2.38 bits per heavy atom. The van der Waals surface area contributed by atoms with Crippen molar-refractivity contribution in [1.29, 1.82) is 0 Å². The van der Waals surface area contributed by atoms with E-state index < -0.39 is 12.0 Å². The fraction of sp³-hybridized carbons (Fsp3) is 0.643. The predicted molar refractivity (Wildman–Crippen MR) is 81.7 cm³/mol. The van der Waals surface area contributed by atoms with Crippen molar-refractivity contribution in [3.05, 3.63) is 20.2 Å².